The molecule has 4 heteroatoms. The van der Waals surface area contributed by atoms with E-state index in [0.717, 1.165) is 12.1 Å². The molecule has 0 bridgehead atoms. The molecule has 92 valence electrons. The van der Waals surface area contributed by atoms with Gasteiger partial charge in [0, 0.05) is 13.1 Å². The lowest BCUT2D eigenvalue weighted by atomic mass is 9.85. The number of rotatable bonds is 2. The minimum Gasteiger partial charge on any atom is -0.469 e. The molecule has 2 atom stereocenters. The van der Waals surface area contributed by atoms with E-state index in [4.69, 9.17) is 4.74 Å². The van der Waals surface area contributed by atoms with Gasteiger partial charge in [-0.3, -0.25) is 4.79 Å². The molecule has 1 aliphatic rings. The quantitative estimate of drug-likeness (QED) is 0.795. The Morgan fingerprint density at radius 2 is 2.29 bits per heavy atom. The summed E-state index contributed by atoms with van der Waals surface area (Å²) in [5.41, 5.74) is 0.936. The lowest BCUT2D eigenvalue weighted by Crippen LogP contribution is -2.39. The Morgan fingerprint density at radius 3 is 3.00 bits per heavy atom. The molecule has 1 heterocycles. The second kappa shape index (κ2) is 5.27. The fourth-order valence-corrected chi connectivity index (χ4v) is 2.30. The first kappa shape index (κ1) is 12.0. The molecule has 1 N–H and O–H groups in total. The van der Waals surface area contributed by atoms with Crippen LogP contribution in [0.3, 0.4) is 0 Å². The number of benzene rings is 1. The Labute approximate surface area is 100.0 Å². The molecule has 3 nitrogen and oxygen atoms in total. The number of carbonyl (C=O) groups is 1. The maximum absolute atomic E-state index is 13.1. The average Bonchev–Trinajstić information content (AvgIpc) is 2.38. The summed E-state index contributed by atoms with van der Waals surface area (Å²) in [7, 11) is 1.40. The highest BCUT2D eigenvalue weighted by atomic mass is 19.1. The van der Waals surface area contributed by atoms with Crippen molar-refractivity contribution in [2.24, 2.45) is 5.92 Å². The van der Waals surface area contributed by atoms with Crippen molar-refractivity contribution in [1.29, 1.82) is 0 Å². The lowest BCUT2D eigenvalue weighted by molar-refractivity contribution is -0.146. The van der Waals surface area contributed by atoms with Gasteiger partial charge in [-0.15, -0.1) is 0 Å². The third-order valence-electron chi connectivity index (χ3n) is 3.21. The molecule has 1 saturated heterocycles. The number of ether oxygens (including phenoxy) is 1. The van der Waals surface area contributed by atoms with Crippen LogP contribution >= 0.6 is 0 Å². The topological polar surface area (TPSA) is 38.3 Å². The molecule has 17 heavy (non-hydrogen) atoms. The van der Waals surface area contributed by atoms with E-state index < -0.39 is 0 Å². The van der Waals surface area contributed by atoms with Gasteiger partial charge in [0.1, 0.15) is 5.82 Å². The third kappa shape index (κ3) is 2.82. The molecule has 0 saturated carbocycles. The van der Waals surface area contributed by atoms with Gasteiger partial charge >= 0.3 is 5.97 Å². The number of piperidine rings is 1. The summed E-state index contributed by atoms with van der Waals surface area (Å²) in [4.78, 5) is 11.5. The summed E-state index contributed by atoms with van der Waals surface area (Å²) in [5, 5.41) is 3.19. The van der Waals surface area contributed by atoms with Gasteiger partial charge in [0.25, 0.3) is 0 Å². The van der Waals surface area contributed by atoms with Crippen molar-refractivity contribution in [3.05, 3.63) is 35.6 Å². The summed E-state index contributed by atoms with van der Waals surface area (Å²) in [5.74, 6) is -0.396. The summed E-state index contributed by atoms with van der Waals surface area (Å²) in [6.45, 7) is 1.41. The predicted octanol–water partition coefficient (Wildman–Crippen LogP) is 1.69. The SMILES string of the molecule is COC(=O)[C@@H]1CNC[C@H](c2cccc(F)c2)C1. The molecule has 0 aromatic heterocycles. The first-order valence-electron chi connectivity index (χ1n) is 5.74. The molecule has 0 unspecified atom stereocenters. The Kier molecular flexibility index (Phi) is 3.74. The first-order valence-corrected chi connectivity index (χ1v) is 5.74. The van der Waals surface area contributed by atoms with Crippen LogP contribution in [0, 0.1) is 11.7 Å². The minimum absolute atomic E-state index is 0.137. The van der Waals surface area contributed by atoms with E-state index in [1.165, 1.54) is 19.2 Å². The fourth-order valence-electron chi connectivity index (χ4n) is 2.30. The zero-order valence-electron chi connectivity index (χ0n) is 9.78. The maximum atomic E-state index is 13.1. The molecule has 0 amide bonds. The summed E-state index contributed by atoms with van der Waals surface area (Å²) in [6.07, 6.45) is 0.711. The number of nitrogens with one attached hydrogen (secondary N) is 1. The molecule has 1 aromatic rings. The first-order chi connectivity index (χ1) is 8.20. The Hall–Kier alpha value is -1.42. The van der Waals surface area contributed by atoms with Gasteiger partial charge in [-0.2, -0.15) is 0 Å². The van der Waals surface area contributed by atoms with Gasteiger partial charge in [0.2, 0.25) is 0 Å². The van der Waals surface area contributed by atoms with Crippen LogP contribution < -0.4 is 5.32 Å². The Bertz CT molecular complexity index is 408. The van der Waals surface area contributed by atoms with Crippen LogP contribution in [0.15, 0.2) is 24.3 Å². The van der Waals surface area contributed by atoms with Crippen molar-refractivity contribution in [2.75, 3.05) is 20.2 Å². The zero-order valence-corrected chi connectivity index (χ0v) is 9.78. The predicted molar refractivity (Wildman–Crippen MR) is 62.1 cm³/mol. The van der Waals surface area contributed by atoms with E-state index in [9.17, 15) is 9.18 Å². The van der Waals surface area contributed by atoms with Crippen molar-refractivity contribution < 1.29 is 13.9 Å². The van der Waals surface area contributed by atoms with Gasteiger partial charge in [-0.05, 0) is 30.0 Å². The van der Waals surface area contributed by atoms with E-state index in [0.29, 0.717) is 13.0 Å². The highest BCUT2D eigenvalue weighted by Gasteiger charge is 2.28. The summed E-state index contributed by atoms with van der Waals surface area (Å²) in [6, 6.07) is 6.56. The van der Waals surface area contributed by atoms with Crippen molar-refractivity contribution in [1.82, 2.24) is 5.32 Å². The van der Waals surface area contributed by atoms with Gasteiger partial charge in [-0.1, -0.05) is 12.1 Å². The van der Waals surface area contributed by atoms with Gasteiger partial charge in [0.15, 0.2) is 0 Å². The van der Waals surface area contributed by atoms with Crippen molar-refractivity contribution in [3.8, 4) is 0 Å². The summed E-state index contributed by atoms with van der Waals surface area (Å²) >= 11 is 0. The van der Waals surface area contributed by atoms with Gasteiger partial charge in [0.05, 0.1) is 13.0 Å². The third-order valence-corrected chi connectivity index (χ3v) is 3.21. The van der Waals surface area contributed by atoms with Crippen molar-refractivity contribution in [3.63, 3.8) is 0 Å². The van der Waals surface area contributed by atoms with E-state index in [2.05, 4.69) is 5.32 Å². The molecule has 2 rings (SSSR count). The van der Waals surface area contributed by atoms with E-state index in [1.54, 1.807) is 6.07 Å². The number of methoxy groups -OCH3 is 1. The highest BCUT2D eigenvalue weighted by Crippen LogP contribution is 2.27. The van der Waals surface area contributed by atoms with Crippen LogP contribution in [0.5, 0.6) is 0 Å². The second-order valence-electron chi connectivity index (χ2n) is 4.37. The van der Waals surface area contributed by atoms with E-state index >= 15 is 0 Å². The van der Waals surface area contributed by atoms with Crippen LogP contribution in [0.1, 0.15) is 17.9 Å². The van der Waals surface area contributed by atoms with Gasteiger partial charge in [-0.25, -0.2) is 4.39 Å². The van der Waals surface area contributed by atoms with E-state index in [-0.39, 0.29) is 23.6 Å². The minimum atomic E-state index is -0.234. The molecule has 0 spiro atoms. The molecule has 0 aliphatic carbocycles. The van der Waals surface area contributed by atoms with Crippen molar-refractivity contribution >= 4 is 5.97 Å². The monoisotopic (exact) mass is 237 g/mol. The van der Waals surface area contributed by atoms with Crippen molar-refractivity contribution in [2.45, 2.75) is 12.3 Å². The molecule has 1 aliphatic heterocycles. The standard InChI is InChI=1S/C13H16FNO2/c1-17-13(16)11-5-10(7-15-8-11)9-3-2-4-12(14)6-9/h2-4,6,10-11,15H,5,7-8H2,1H3/t10-,11+/m1/s1. The number of halogens is 1. The van der Waals surface area contributed by atoms with Crippen LogP contribution in [-0.4, -0.2) is 26.2 Å². The molecule has 0 radical (unpaired) electrons. The fraction of sp³-hybridized carbons (Fsp3) is 0.462. The van der Waals surface area contributed by atoms with E-state index in [1.807, 2.05) is 6.07 Å². The number of esters is 1. The molecule has 1 aromatic carbocycles. The van der Waals surface area contributed by atoms with Crippen LogP contribution in [0.25, 0.3) is 0 Å². The largest absolute Gasteiger partial charge is 0.469 e. The number of carbonyl (C=O) groups excluding carboxylic acids is 1. The Balaban J connectivity index is 2.09. The summed E-state index contributed by atoms with van der Waals surface area (Å²) < 4.78 is 17.9. The van der Waals surface area contributed by atoms with Crippen LogP contribution in [0.4, 0.5) is 4.39 Å². The average molecular weight is 237 g/mol. The molecule has 1 fully saturated rings. The zero-order chi connectivity index (χ0) is 12.3. The number of hydrogen-bond donors (Lipinski definition) is 1. The van der Waals surface area contributed by atoms with Crippen LogP contribution in [-0.2, 0) is 9.53 Å². The van der Waals surface area contributed by atoms with Crippen LogP contribution in [0.2, 0.25) is 0 Å². The highest BCUT2D eigenvalue weighted by molar-refractivity contribution is 5.72. The smallest absolute Gasteiger partial charge is 0.309 e. The molecular weight excluding hydrogens is 221 g/mol. The maximum Gasteiger partial charge on any atom is 0.309 e. The Morgan fingerprint density at radius 1 is 1.47 bits per heavy atom. The van der Waals surface area contributed by atoms with Gasteiger partial charge < -0.3 is 10.1 Å². The normalized spacial score (nSPS) is 24.4. The molecular formula is C13H16FNO2. The lowest BCUT2D eigenvalue weighted by Gasteiger charge is -2.28. The second-order valence-corrected chi connectivity index (χ2v) is 4.37. The number of hydrogen-bond acceptors (Lipinski definition) is 3.